The van der Waals surface area contributed by atoms with Gasteiger partial charge in [-0.3, -0.25) is 0 Å². The molecular formula is C13H22O. The smallest absolute Gasteiger partial charge is 0.0939 e. The van der Waals surface area contributed by atoms with Crippen LogP contribution in [0, 0.1) is 5.41 Å². The molecule has 0 aliphatic heterocycles. The van der Waals surface area contributed by atoms with Gasteiger partial charge >= 0.3 is 0 Å². The summed E-state index contributed by atoms with van der Waals surface area (Å²) < 4.78 is 0. The highest BCUT2D eigenvalue weighted by Gasteiger charge is 2.31. The van der Waals surface area contributed by atoms with Gasteiger partial charge in [-0.2, -0.15) is 0 Å². The third kappa shape index (κ3) is 2.27. The van der Waals surface area contributed by atoms with Crippen LogP contribution >= 0.6 is 0 Å². The molecule has 1 atom stereocenters. The van der Waals surface area contributed by atoms with Crippen LogP contribution in [-0.2, 0) is 0 Å². The van der Waals surface area contributed by atoms with E-state index in [0.717, 1.165) is 6.42 Å². The van der Waals surface area contributed by atoms with E-state index in [2.05, 4.69) is 20.8 Å². The van der Waals surface area contributed by atoms with Crippen molar-refractivity contribution in [1.29, 1.82) is 0 Å². The summed E-state index contributed by atoms with van der Waals surface area (Å²) in [5.41, 5.74) is 2.79. The number of aliphatic hydroxyl groups is 1. The van der Waals surface area contributed by atoms with Gasteiger partial charge in [0.05, 0.1) is 6.10 Å². The molecular weight excluding hydrogens is 172 g/mol. The molecule has 1 aliphatic carbocycles. The molecule has 1 aliphatic rings. The van der Waals surface area contributed by atoms with Crippen LogP contribution in [0.4, 0.5) is 0 Å². The van der Waals surface area contributed by atoms with E-state index < -0.39 is 0 Å². The minimum absolute atomic E-state index is 0.168. The van der Waals surface area contributed by atoms with E-state index in [9.17, 15) is 5.11 Å². The van der Waals surface area contributed by atoms with Crippen LogP contribution in [0.25, 0.3) is 0 Å². The molecule has 0 aromatic heterocycles. The maximum atomic E-state index is 10.0. The van der Waals surface area contributed by atoms with E-state index in [1.807, 2.05) is 19.1 Å². The van der Waals surface area contributed by atoms with Gasteiger partial charge < -0.3 is 5.11 Å². The second-order valence-corrected chi connectivity index (χ2v) is 4.90. The number of allylic oxidation sites excluding steroid dienone is 2. The second-order valence-electron chi connectivity index (χ2n) is 4.90. The Balaban J connectivity index is 3.01. The fraction of sp³-hybridized carbons (Fsp3) is 0.692. The Kier molecular flexibility index (Phi) is 3.54. The summed E-state index contributed by atoms with van der Waals surface area (Å²) in [5, 5.41) is 10.0. The van der Waals surface area contributed by atoms with Crippen LogP contribution in [0.5, 0.6) is 0 Å². The summed E-state index contributed by atoms with van der Waals surface area (Å²) >= 11 is 0. The monoisotopic (exact) mass is 194 g/mol. The first-order valence-electron chi connectivity index (χ1n) is 5.50. The van der Waals surface area contributed by atoms with Crippen molar-refractivity contribution in [2.75, 3.05) is 0 Å². The summed E-state index contributed by atoms with van der Waals surface area (Å²) in [6.45, 7) is 8.58. The number of rotatable bonds is 2. The molecule has 0 bridgehead atoms. The Morgan fingerprint density at radius 2 is 2.07 bits per heavy atom. The normalized spacial score (nSPS) is 24.4. The fourth-order valence-corrected chi connectivity index (χ4v) is 2.57. The van der Waals surface area contributed by atoms with Crippen molar-refractivity contribution in [1.82, 2.24) is 0 Å². The minimum atomic E-state index is -0.379. The Bertz CT molecular complexity index is 258. The second kappa shape index (κ2) is 4.31. The Hall–Kier alpha value is -0.560. The molecule has 0 fully saturated rings. The van der Waals surface area contributed by atoms with Gasteiger partial charge in [0.25, 0.3) is 0 Å². The molecule has 0 spiro atoms. The van der Waals surface area contributed by atoms with E-state index in [0.29, 0.717) is 0 Å². The SMILES string of the molecule is C/C=C/C(O)C1=C(C)CCCC1(C)C. The van der Waals surface area contributed by atoms with Crippen LogP contribution in [0.15, 0.2) is 23.3 Å². The first kappa shape index (κ1) is 11.5. The van der Waals surface area contributed by atoms with Crippen LogP contribution in [-0.4, -0.2) is 11.2 Å². The third-order valence-corrected chi connectivity index (χ3v) is 3.21. The molecule has 0 saturated carbocycles. The Morgan fingerprint density at radius 3 is 2.57 bits per heavy atom. The van der Waals surface area contributed by atoms with Crippen molar-refractivity contribution in [3.05, 3.63) is 23.3 Å². The topological polar surface area (TPSA) is 20.2 Å². The zero-order chi connectivity index (χ0) is 10.8. The summed E-state index contributed by atoms with van der Waals surface area (Å²) in [4.78, 5) is 0. The van der Waals surface area contributed by atoms with Crippen molar-refractivity contribution in [2.24, 2.45) is 5.41 Å². The molecule has 1 nitrogen and oxygen atoms in total. The quantitative estimate of drug-likeness (QED) is 0.667. The zero-order valence-electron chi connectivity index (χ0n) is 9.80. The van der Waals surface area contributed by atoms with Crippen LogP contribution < -0.4 is 0 Å². The number of hydrogen-bond donors (Lipinski definition) is 1. The van der Waals surface area contributed by atoms with E-state index in [1.165, 1.54) is 24.0 Å². The van der Waals surface area contributed by atoms with Crippen molar-refractivity contribution in [2.45, 2.75) is 53.1 Å². The standard InChI is InChI=1S/C13H22O/c1-5-7-11(14)12-10(2)8-6-9-13(12,3)4/h5,7,11,14H,6,8-9H2,1-4H3/b7-5+. The van der Waals surface area contributed by atoms with Gasteiger partial charge in [-0.1, -0.05) is 31.6 Å². The summed E-state index contributed by atoms with van der Waals surface area (Å²) in [5.74, 6) is 0. The summed E-state index contributed by atoms with van der Waals surface area (Å²) in [6, 6.07) is 0. The van der Waals surface area contributed by atoms with Crippen LogP contribution in [0.3, 0.4) is 0 Å². The van der Waals surface area contributed by atoms with Gasteiger partial charge in [-0.05, 0) is 44.1 Å². The molecule has 1 heteroatoms. The summed E-state index contributed by atoms with van der Waals surface area (Å²) in [6.07, 6.45) is 7.02. The lowest BCUT2D eigenvalue weighted by molar-refractivity contribution is 0.207. The maximum Gasteiger partial charge on any atom is 0.0939 e. The molecule has 0 aromatic carbocycles. The average molecular weight is 194 g/mol. The van der Waals surface area contributed by atoms with Gasteiger partial charge in [0, 0.05) is 0 Å². The third-order valence-electron chi connectivity index (χ3n) is 3.21. The first-order valence-corrected chi connectivity index (χ1v) is 5.50. The number of aliphatic hydroxyl groups excluding tert-OH is 1. The Labute approximate surface area is 87.5 Å². The lowest BCUT2D eigenvalue weighted by Crippen LogP contribution is -2.27. The van der Waals surface area contributed by atoms with Crippen molar-refractivity contribution in [3.8, 4) is 0 Å². The van der Waals surface area contributed by atoms with E-state index >= 15 is 0 Å². The van der Waals surface area contributed by atoms with Crippen molar-refractivity contribution >= 4 is 0 Å². The molecule has 1 rings (SSSR count). The van der Waals surface area contributed by atoms with Crippen LogP contribution in [0.1, 0.15) is 47.0 Å². The average Bonchev–Trinajstić information content (AvgIpc) is 2.02. The van der Waals surface area contributed by atoms with Gasteiger partial charge in [0.15, 0.2) is 0 Å². The van der Waals surface area contributed by atoms with Gasteiger partial charge in [-0.25, -0.2) is 0 Å². The minimum Gasteiger partial charge on any atom is -0.385 e. The predicted octanol–water partition coefficient (Wildman–Crippen LogP) is 3.45. The first-order chi connectivity index (χ1) is 6.49. The van der Waals surface area contributed by atoms with Crippen LogP contribution in [0.2, 0.25) is 0 Å². The van der Waals surface area contributed by atoms with E-state index in [-0.39, 0.29) is 11.5 Å². The Morgan fingerprint density at radius 1 is 1.43 bits per heavy atom. The molecule has 1 N–H and O–H groups in total. The van der Waals surface area contributed by atoms with Gasteiger partial charge in [0.2, 0.25) is 0 Å². The predicted molar refractivity (Wildman–Crippen MR) is 61.2 cm³/mol. The highest BCUT2D eigenvalue weighted by atomic mass is 16.3. The number of hydrogen-bond acceptors (Lipinski definition) is 1. The fourth-order valence-electron chi connectivity index (χ4n) is 2.57. The zero-order valence-corrected chi connectivity index (χ0v) is 9.80. The summed E-state index contributed by atoms with van der Waals surface area (Å²) in [7, 11) is 0. The van der Waals surface area contributed by atoms with Crippen molar-refractivity contribution < 1.29 is 5.11 Å². The maximum absolute atomic E-state index is 10.0. The van der Waals surface area contributed by atoms with E-state index in [4.69, 9.17) is 0 Å². The molecule has 1 unspecified atom stereocenters. The molecule has 80 valence electrons. The molecule has 0 heterocycles. The largest absolute Gasteiger partial charge is 0.385 e. The molecule has 0 radical (unpaired) electrons. The highest BCUT2D eigenvalue weighted by Crippen LogP contribution is 2.41. The lowest BCUT2D eigenvalue weighted by Gasteiger charge is -2.36. The van der Waals surface area contributed by atoms with Gasteiger partial charge in [-0.15, -0.1) is 0 Å². The molecule has 0 saturated heterocycles. The van der Waals surface area contributed by atoms with Gasteiger partial charge in [0.1, 0.15) is 0 Å². The molecule has 14 heavy (non-hydrogen) atoms. The van der Waals surface area contributed by atoms with Crippen molar-refractivity contribution in [3.63, 3.8) is 0 Å². The lowest BCUT2D eigenvalue weighted by atomic mass is 9.70. The molecule has 0 aromatic rings. The highest BCUT2D eigenvalue weighted by molar-refractivity contribution is 5.29. The van der Waals surface area contributed by atoms with E-state index in [1.54, 1.807) is 0 Å². The molecule has 0 amide bonds.